The van der Waals surface area contributed by atoms with Gasteiger partial charge in [0.2, 0.25) is 0 Å². The van der Waals surface area contributed by atoms with Gasteiger partial charge in [-0.1, -0.05) is 121 Å². The third-order valence-corrected chi connectivity index (χ3v) is 9.24. The largest absolute Gasteiger partial charge is 0.507 e. The number of hydrogen-bond acceptors (Lipinski definition) is 6. The Kier molecular flexibility index (Phi) is 7.77. The van der Waals surface area contributed by atoms with Gasteiger partial charge < -0.3 is 24.5 Å². The van der Waals surface area contributed by atoms with Crippen molar-refractivity contribution in [2.24, 2.45) is 0 Å². The molecule has 0 aliphatic carbocycles. The molecule has 6 heteroatoms. The number of allylic oxidation sites excluding steroid dienone is 2. The van der Waals surface area contributed by atoms with E-state index in [2.05, 4.69) is 6.58 Å². The molecule has 1 aromatic heterocycles. The number of rotatable bonds is 6. The van der Waals surface area contributed by atoms with Crippen LogP contribution in [0.15, 0.2) is 149 Å². The fourth-order valence-electron chi connectivity index (χ4n) is 6.74. The van der Waals surface area contributed by atoms with Crippen LogP contribution in [0.25, 0.3) is 55.9 Å². The second-order valence-corrected chi connectivity index (χ2v) is 12.7. The first-order valence-corrected chi connectivity index (χ1v) is 16.5. The number of benzene rings is 6. The lowest BCUT2D eigenvalue weighted by Gasteiger charge is -2.26. The molecule has 1 aliphatic rings. The van der Waals surface area contributed by atoms with E-state index in [9.17, 15) is 20.1 Å². The minimum absolute atomic E-state index is 0.0104. The van der Waals surface area contributed by atoms with Gasteiger partial charge in [-0.05, 0) is 53.3 Å². The second kappa shape index (κ2) is 12.6. The van der Waals surface area contributed by atoms with Crippen LogP contribution in [-0.2, 0) is 6.42 Å². The van der Waals surface area contributed by atoms with Gasteiger partial charge in [-0.25, -0.2) is 0 Å². The number of aryl methyl sites for hydroxylation is 1. The first-order valence-electron chi connectivity index (χ1n) is 16.5. The fraction of sp³-hybridized carbons (Fsp3) is 0.0444. The van der Waals surface area contributed by atoms with Gasteiger partial charge in [0.15, 0.2) is 11.0 Å². The molecule has 0 saturated carbocycles. The Bertz CT molecular complexity index is 2560. The Morgan fingerprint density at radius 1 is 0.627 bits per heavy atom. The van der Waals surface area contributed by atoms with E-state index in [4.69, 9.17) is 9.15 Å². The summed E-state index contributed by atoms with van der Waals surface area (Å²) in [4.78, 5) is 13.2. The maximum atomic E-state index is 13.2. The lowest BCUT2D eigenvalue weighted by atomic mass is 9.87. The number of aromatic hydroxyl groups is 3. The first-order chi connectivity index (χ1) is 24.7. The van der Waals surface area contributed by atoms with Crippen molar-refractivity contribution in [2.75, 3.05) is 0 Å². The normalized spacial score (nSPS) is 12.3. The molecule has 0 amide bonds. The van der Waals surface area contributed by atoms with Gasteiger partial charge in [-0.3, -0.25) is 4.79 Å². The molecule has 51 heavy (non-hydrogen) atoms. The Hall–Kier alpha value is -6.79. The zero-order valence-corrected chi connectivity index (χ0v) is 27.7. The van der Waals surface area contributed by atoms with Crippen LogP contribution >= 0.6 is 0 Å². The first kappa shape index (κ1) is 31.5. The summed E-state index contributed by atoms with van der Waals surface area (Å²) >= 11 is 0. The van der Waals surface area contributed by atoms with Crippen LogP contribution in [0.1, 0.15) is 27.8 Å². The summed E-state index contributed by atoms with van der Waals surface area (Å²) in [6, 6.07) is 38.7. The lowest BCUT2D eigenvalue weighted by molar-refractivity contribution is 0.453. The van der Waals surface area contributed by atoms with Crippen LogP contribution in [0.5, 0.6) is 23.0 Å². The van der Waals surface area contributed by atoms with Gasteiger partial charge in [-0.15, -0.1) is 0 Å². The van der Waals surface area contributed by atoms with Crippen molar-refractivity contribution in [1.29, 1.82) is 0 Å². The number of hydrogen-bond donors (Lipinski definition) is 3. The molecule has 8 rings (SSSR count). The molecule has 7 aromatic rings. The topological polar surface area (TPSA) is 100 Å². The van der Waals surface area contributed by atoms with Crippen LogP contribution in [0.2, 0.25) is 0 Å². The molecular formula is C45H32O6. The van der Waals surface area contributed by atoms with E-state index in [0.29, 0.717) is 45.9 Å². The Labute approximate surface area is 294 Å². The molecule has 3 N–H and O–H groups in total. The van der Waals surface area contributed by atoms with Crippen molar-refractivity contribution >= 4 is 22.3 Å². The average molecular weight is 669 g/mol. The molecule has 0 atom stereocenters. The Morgan fingerprint density at radius 3 is 1.92 bits per heavy atom. The van der Waals surface area contributed by atoms with Crippen molar-refractivity contribution in [3.63, 3.8) is 0 Å². The minimum atomic E-state index is -0.420. The zero-order chi connectivity index (χ0) is 35.2. The van der Waals surface area contributed by atoms with E-state index in [1.54, 1.807) is 6.07 Å². The van der Waals surface area contributed by atoms with Gasteiger partial charge in [0.05, 0.1) is 11.1 Å². The number of phenols is 3. The summed E-state index contributed by atoms with van der Waals surface area (Å²) < 4.78 is 12.8. The third kappa shape index (κ3) is 5.73. The van der Waals surface area contributed by atoms with Gasteiger partial charge in [-0.2, -0.15) is 0 Å². The molecule has 6 nitrogen and oxygen atoms in total. The van der Waals surface area contributed by atoms with Gasteiger partial charge in [0.1, 0.15) is 39.9 Å². The zero-order valence-electron chi connectivity index (χ0n) is 27.7. The molecule has 1 aliphatic heterocycles. The molecule has 6 aromatic carbocycles. The summed E-state index contributed by atoms with van der Waals surface area (Å²) in [5.41, 5.74) is 8.00. The highest BCUT2D eigenvalue weighted by molar-refractivity contribution is 6.00. The number of phenolic OH excluding ortho intramolecular Hbond substituents is 3. The van der Waals surface area contributed by atoms with E-state index in [-0.39, 0.29) is 28.2 Å². The minimum Gasteiger partial charge on any atom is -0.507 e. The van der Waals surface area contributed by atoms with E-state index >= 15 is 0 Å². The second-order valence-electron chi connectivity index (χ2n) is 12.7. The van der Waals surface area contributed by atoms with Crippen LogP contribution in [0.4, 0.5) is 0 Å². The maximum absolute atomic E-state index is 13.2. The maximum Gasteiger partial charge on any atom is 0.197 e. The monoisotopic (exact) mass is 668 g/mol. The smallest absolute Gasteiger partial charge is 0.197 e. The average Bonchev–Trinajstić information content (AvgIpc) is 3.13. The van der Waals surface area contributed by atoms with Gasteiger partial charge >= 0.3 is 0 Å². The van der Waals surface area contributed by atoms with Crippen molar-refractivity contribution < 1.29 is 24.5 Å². The SMILES string of the molecule is C=C1C=C(c2ccccc2)Oc2c1c(Cc1ccc(-c3c(O)cc(O)c4c(=O)cc(-c5ccccc5)oc34)cc1)cc(O)c2-c1ccc(C)cc1. The highest BCUT2D eigenvalue weighted by Crippen LogP contribution is 2.49. The molecule has 0 unspecified atom stereocenters. The summed E-state index contributed by atoms with van der Waals surface area (Å²) in [6.45, 7) is 6.44. The third-order valence-electron chi connectivity index (χ3n) is 9.24. The fourth-order valence-corrected chi connectivity index (χ4v) is 6.74. The summed E-state index contributed by atoms with van der Waals surface area (Å²) in [7, 11) is 0. The standard InChI is InChI=1S/C45H32O6/c1-26-13-17-31(18-14-26)41-34(46)23-33(40-27(2)21-38(50-44(40)41)29-9-5-3-6-10-29)22-28-15-19-32(20-16-28)42-35(47)24-36(48)43-37(49)25-39(51-45(42)43)30-11-7-4-8-12-30/h3-21,23-25,46-48H,2,22H2,1H3. The van der Waals surface area contributed by atoms with Crippen molar-refractivity contribution in [2.45, 2.75) is 13.3 Å². The van der Waals surface area contributed by atoms with Crippen LogP contribution in [-0.4, -0.2) is 15.3 Å². The van der Waals surface area contributed by atoms with Gasteiger partial charge in [0.25, 0.3) is 0 Å². The quantitative estimate of drug-likeness (QED) is 0.163. The van der Waals surface area contributed by atoms with Crippen LogP contribution < -0.4 is 10.2 Å². The summed E-state index contributed by atoms with van der Waals surface area (Å²) in [5, 5.41) is 33.2. The molecule has 0 saturated heterocycles. The van der Waals surface area contributed by atoms with Crippen molar-refractivity contribution in [1.82, 2.24) is 0 Å². The molecule has 248 valence electrons. The van der Waals surface area contributed by atoms with Crippen LogP contribution in [0.3, 0.4) is 0 Å². The molecule has 0 bridgehead atoms. The van der Waals surface area contributed by atoms with E-state index in [1.807, 2.05) is 122 Å². The van der Waals surface area contributed by atoms with Crippen molar-refractivity contribution in [3.05, 3.63) is 178 Å². The van der Waals surface area contributed by atoms with E-state index in [0.717, 1.165) is 45.0 Å². The summed E-state index contributed by atoms with van der Waals surface area (Å²) in [6.07, 6.45) is 2.37. The molecular weight excluding hydrogens is 636 g/mol. The predicted molar refractivity (Wildman–Crippen MR) is 202 cm³/mol. The predicted octanol–water partition coefficient (Wildman–Crippen LogP) is 10.3. The Morgan fingerprint density at radius 2 is 1.24 bits per heavy atom. The van der Waals surface area contributed by atoms with Crippen molar-refractivity contribution in [3.8, 4) is 56.6 Å². The summed E-state index contributed by atoms with van der Waals surface area (Å²) in [5.74, 6) is 1.02. The number of ether oxygens (including phenoxy) is 1. The molecule has 0 radical (unpaired) electrons. The highest BCUT2D eigenvalue weighted by atomic mass is 16.5. The molecule has 2 heterocycles. The highest BCUT2D eigenvalue weighted by Gasteiger charge is 2.27. The van der Waals surface area contributed by atoms with E-state index < -0.39 is 5.43 Å². The molecule has 0 fully saturated rings. The Balaban J connectivity index is 1.21. The van der Waals surface area contributed by atoms with Gasteiger partial charge in [0, 0.05) is 28.8 Å². The van der Waals surface area contributed by atoms with Crippen LogP contribution in [0, 0.1) is 6.92 Å². The lowest BCUT2D eigenvalue weighted by Crippen LogP contribution is -2.08. The molecule has 0 spiro atoms. The van der Waals surface area contributed by atoms with E-state index in [1.165, 1.54) is 6.07 Å². The number of fused-ring (bicyclic) bond motifs is 2.